The standard InChI is InChI=1S/C17H15NO2/c1-2-11-3-5-12(6-4-11)13-7-8-16-14(9-13)15(10-18-16)17(19)20/h3-10,18H,2H2,1H3,(H,19,20). The summed E-state index contributed by atoms with van der Waals surface area (Å²) in [5, 5.41) is 9.93. The zero-order chi connectivity index (χ0) is 14.1. The molecular weight excluding hydrogens is 250 g/mol. The number of carboxylic acids is 1. The molecule has 0 aliphatic rings. The lowest BCUT2D eigenvalue weighted by Crippen LogP contribution is -1.93. The number of aromatic carboxylic acids is 1. The number of fused-ring (bicyclic) bond motifs is 1. The van der Waals surface area contributed by atoms with Gasteiger partial charge in [-0.3, -0.25) is 0 Å². The molecule has 0 unspecified atom stereocenters. The highest BCUT2D eigenvalue weighted by molar-refractivity contribution is 6.04. The predicted molar refractivity (Wildman–Crippen MR) is 80.1 cm³/mol. The van der Waals surface area contributed by atoms with Gasteiger partial charge in [0.05, 0.1) is 5.56 Å². The number of benzene rings is 2. The second kappa shape index (κ2) is 4.85. The Labute approximate surface area is 116 Å². The Bertz CT molecular complexity index is 769. The van der Waals surface area contributed by atoms with Crippen LogP contribution >= 0.6 is 0 Å². The first-order chi connectivity index (χ1) is 9.69. The average Bonchev–Trinajstić information content (AvgIpc) is 2.90. The molecule has 1 aromatic heterocycles. The number of nitrogens with one attached hydrogen (secondary N) is 1. The summed E-state index contributed by atoms with van der Waals surface area (Å²) < 4.78 is 0. The molecule has 0 radical (unpaired) electrons. The maximum absolute atomic E-state index is 11.2. The molecule has 2 N–H and O–H groups in total. The Hall–Kier alpha value is -2.55. The lowest BCUT2D eigenvalue weighted by molar-refractivity contribution is 0.0699. The van der Waals surface area contributed by atoms with Gasteiger partial charge in [0.1, 0.15) is 0 Å². The SMILES string of the molecule is CCc1ccc(-c2ccc3[nH]cc(C(=O)O)c3c2)cc1. The predicted octanol–water partition coefficient (Wildman–Crippen LogP) is 4.10. The minimum absolute atomic E-state index is 0.312. The quantitative estimate of drug-likeness (QED) is 0.749. The third-order valence-electron chi connectivity index (χ3n) is 3.61. The molecule has 2 aromatic carbocycles. The molecule has 3 aromatic rings. The number of hydrogen-bond donors (Lipinski definition) is 2. The molecular formula is C17H15NO2. The van der Waals surface area contributed by atoms with Crippen molar-refractivity contribution in [3.63, 3.8) is 0 Å². The van der Waals surface area contributed by atoms with Crippen molar-refractivity contribution in [2.24, 2.45) is 0 Å². The summed E-state index contributed by atoms with van der Waals surface area (Å²) >= 11 is 0. The number of hydrogen-bond acceptors (Lipinski definition) is 1. The molecule has 1 heterocycles. The van der Waals surface area contributed by atoms with E-state index in [1.807, 2.05) is 18.2 Å². The van der Waals surface area contributed by atoms with Crippen LogP contribution in [-0.2, 0) is 6.42 Å². The monoisotopic (exact) mass is 265 g/mol. The van der Waals surface area contributed by atoms with E-state index in [9.17, 15) is 9.90 Å². The molecule has 0 fully saturated rings. The van der Waals surface area contributed by atoms with Gasteiger partial charge in [0, 0.05) is 17.1 Å². The van der Waals surface area contributed by atoms with Crippen molar-refractivity contribution in [2.75, 3.05) is 0 Å². The molecule has 0 saturated carbocycles. The van der Waals surface area contributed by atoms with Crippen molar-refractivity contribution in [3.05, 3.63) is 59.8 Å². The van der Waals surface area contributed by atoms with E-state index in [0.717, 1.165) is 28.5 Å². The summed E-state index contributed by atoms with van der Waals surface area (Å²) in [4.78, 5) is 14.2. The molecule has 0 aliphatic carbocycles. The fourth-order valence-corrected chi connectivity index (χ4v) is 2.41. The van der Waals surface area contributed by atoms with Gasteiger partial charge in [0.25, 0.3) is 0 Å². The van der Waals surface area contributed by atoms with Crippen LogP contribution in [0, 0.1) is 0 Å². The van der Waals surface area contributed by atoms with E-state index in [1.165, 1.54) is 11.8 Å². The average molecular weight is 265 g/mol. The van der Waals surface area contributed by atoms with E-state index in [4.69, 9.17) is 0 Å². The second-order valence-electron chi connectivity index (χ2n) is 4.82. The number of rotatable bonds is 3. The lowest BCUT2D eigenvalue weighted by atomic mass is 10.0. The molecule has 0 saturated heterocycles. The fourth-order valence-electron chi connectivity index (χ4n) is 2.41. The molecule has 0 atom stereocenters. The third-order valence-corrected chi connectivity index (χ3v) is 3.61. The van der Waals surface area contributed by atoms with Crippen LogP contribution in [0.3, 0.4) is 0 Å². The van der Waals surface area contributed by atoms with Gasteiger partial charge in [0.15, 0.2) is 0 Å². The number of carboxylic acid groups (broad SMARTS) is 1. The first-order valence-corrected chi connectivity index (χ1v) is 6.63. The smallest absolute Gasteiger partial charge is 0.337 e. The lowest BCUT2D eigenvalue weighted by Gasteiger charge is -2.04. The van der Waals surface area contributed by atoms with Crippen LogP contribution in [0.5, 0.6) is 0 Å². The molecule has 0 spiro atoms. The van der Waals surface area contributed by atoms with Crippen molar-refractivity contribution in [1.29, 1.82) is 0 Å². The number of aromatic amines is 1. The highest BCUT2D eigenvalue weighted by Gasteiger charge is 2.11. The largest absolute Gasteiger partial charge is 0.478 e. The molecule has 0 bridgehead atoms. The maximum atomic E-state index is 11.2. The van der Waals surface area contributed by atoms with Crippen LogP contribution in [0.25, 0.3) is 22.0 Å². The van der Waals surface area contributed by atoms with Crippen LogP contribution in [0.1, 0.15) is 22.8 Å². The zero-order valence-electron chi connectivity index (χ0n) is 11.2. The topological polar surface area (TPSA) is 53.1 Å². The molecule has 3 heteroatoms. The van der Waals surface area contributed by atoms with Gasteiger partial charge >= 0.3 is 5.97 Å². The molecule has 3 rings (SSSR count). The Kier molecular flexibility index (Phi) is 3.03. The summed E-state index contributed by atoms with van der Waals surface area (Å²) in [5.41, 5.74) is 4.58. The van der Waals surface area contributed by atoms with E-state index in [-0.39, 0.29) is 0 Å². The summed E-state index contributed by atoms with van der Waals surface area (Å²) in [6, 6.07) is 14.2. The maximum Gasteiger partial charge on any atom is 0.337 e. The van der Waals surface area contributed by atoms with Crippen molar-refractivity contribution in [1.82, 2.24) is 4.98 Å². The van der Waals surface area contributed by atoms with Gasteiger partial charge in [-0.2, -0.15) is 0 Å². The zero-order valence-corrected chi connectivity index (χ0v) is 11.2. The van der Waals surface area contributed by atoms with Crippen molar-refractivity contribution < 1.29 is 9.90 Å². The van der Waals surface area contributed by atoms with Gasteiger partial charge in [-0.1, -0.05) is 37.3 Å². The summed E-state index contributed by atoms with van der Waals surface area (Å²) in [5.74, 6) is -0.908. The summed E-state index contributed by atoms with van der Waals surface area (Å²) in [7, 11) is 0. The molecule has 20 heavy (non-hydrogen) atoms. The Morgan fingerprint density at radius 2 is 1.80 bits per heavy atom. The van der Waals surface area contributed by atoms with Gasteiger partial charge in [-0.15, -0.1) is 0 Å². The second-order valence-corrected chi connectivity index (χ2v) is 4.82. The highest BCUT2D eigenvalue weighted by Crippen LogP contribution is 2.26. The Morgan fingerprint density at radius 3 is 2.45 bits per heavy atom. The van der Waals surface area contributed by atoms with Crippen molar-refractivity contribution in [2.45, 2.75) is 13.3 Å². The normalized spacial score (nSPS) is 10.8. The fraction of sp³-hybridized carbons (Fsp3) is 0.118. The van der Waals surface area contributed by atoms with Gasteiger partial charge in [0.2, 0.25) is 0 Å². The number of carbonyl (C=O) groups is 1. The molecule has 0 amide bonds. The van der Waals surface area contributed by atoms with Crippen LogP contribution in [-0.4, -0.2) is 16.1 Å². The van der Waals surface area contributed by atoms with Crippen LogP contribution in [0.4, 0.5) is 0 Å². The van der Waals surface area contributed by atoms with Gasteiger partial charge < -0.3 is 10.1 Å². The minimum atomic E-state index is -0.908. The third kappa shape index (κ3) is 2.07. The summed E-state index contributed by atoms with van der Waals surface area (Å²) in [6.07, 6.45) is 2.55. The Morgan fingerprint density at radius 1 is 1.10 bits per heavy atom. The van der Waals surface area contributed by atoms with E-state index in [1.54, 1.807) is 0 Å². The van der Waals surface area contributed by atoms with E-state index >= 15 is 0 Å². The van der Waals surface area contributed by atoms with E-state index < -0.39 is 5.97 Å². The molecule has 0 aliphatic heterocycles. The van der Waals surface area contributed by atoms with Crippen molar-refractivity contribution >= 4 is 16.9 Å². The first kappa shape index (κ1) is 12.5. The molecule has 100 valence electrons. The minimum Gasteiger partial charge on any atom is -0.478 e. The van der Waals surface area contributed by atoms with E-state index in [0.29, 0.717) is 5.56 Å². The van der Waals surface area contributed by atoms with Crippen LogP contribution < -0.4 is 0 Å². The summed E-state index contributed by atoms with van der Waals surface area (Å²) in [6.45, 7) is 2.13. The Balaban J connectivity index is 2.11. The highest BCUT2D eigenvalue weighted by atomic mass is 16.4. The number of aromatic nitrogens is 1. The number of H-pyrrole nitrogens is 1. The number of aryl methyl sites for hydroxylation is 1. The van der Waals surface area contributed by atoms with E-state index in [2.05, 4.69) is 36.2 Å². The van der Waals surface area contributed by atoms with Crippen molar-refractivity contribution in [3.8, 4) is 11.1 Å². The first-order valence-electron chi connectivity index (χ1n) is 6.63. The van der Waals surface area contributed by atoms with Gasteiger partial charge in [-0.25, -0.2) is 4.79 Å². The molecule has 3 nitrogen and oxygen atoms in total. The van der Waals surface area contributed by atoms with Gasteiger partial charge in [-0.05, 0) is 35.2 Å². The van der Waals surface area contributed by atoms with Crippen LogP contribution in [0.2, 0.25) is 0 Å². The van der Waals surface area contributed by atoms with Crippen LogP contribution in [0.15, 0.2) is 48.7 Å².